The largest absolute Gasteiger partial charge is 0.510 e. The molecule has 1 aliphatic heterocycles. The third kappa shape index (κ3) is 6.06. The van der Waals surface area contributed by atoms with E-state index in [-0.39, 0.29) is 10.9 Å². The van der Waals surface area contributed by atoms with Gasteiger partial charge in [0.2, 0.25) is 5.12 Å². The zero-order valence-electron chi connectivity index (χ0n) is 15.3. The first-order valence-corrected chi connectivity index (χ1v) is 9.08. The number of carbonyl (C=O) groups excluding carboxylic acids is 1. The number of rotatable bonds is 7. The minimum atomic E-state index is -0.590. The van der Waals surface area contributed by atoms with E-state index in [2.05, 4.69) is 39.8 Å². The van der Waals surface area contributed by atoms with Gasteiger partial charge in [-0.2, -0.15) is 0 Å². The molecule has 2 nitrogen and oxygen atoms in total. The third-order valence-electron chi connectivity index (χ3n) is 4.08. The number of thioether (sulfide) groups is 1. The lowest BCUT2D eigenvalue weighted by Gasteiger charge is -2.19. The molecule has 0 saturated carbocycles. The summed E-state index contributed by atoms with van der Waals surface area (Å²) in [6, 6.07) is 0. The summed E-state index contributed by atoms with van der Waals surface area (Å²) in [5, 5.41) is 10.1. The van der Waals surface area contributed by atoms with Crippen molar-refractivity contribution in [2.45, 2.75) is 72.0 Å². The van der Waals surface area contributed by atoms with Gasteiger partial charge < -0.3 is 5.11 Å². The molecule has 0 fully saturated rings. The Balaban J connectivity index is 2.55. The number of hydrogen-bond acceptors (Lipinski definition) is 3. The van der Waals surface area contributed by atoms with E-state index < -0.39 is 4.75 Å². The van der Waals surface area contributed by atoms with E-state index in [4.69, 9.17) is 0 Å². The summed E-state index contributed by atoms with van der Waals surface area (Å²) < 4.78 is -0.590. The zero-order valence-corrected chi connectivity index (χ0v) is 16.1. The van der Waals surface area contributed by atoms with Gasteiger partial charge in [-0.15, -0.1) is 0 Å². The molecule has 1 aliphatic rings. The van der Waals surface area contributed by atoms with Crippen LogP contribution in [0, 0.1) is 0 Å². The van der Waals surface area contributed by atoms with Crippen LogP contribution >= 0.6 is 11.8 Å². The van der Waals surface area contributed by atoms with Gasteiger partial charge in [0.25, 0.3) is 0 Å². The highest BCUT2D eigenvalue weighted by Gasteiger charge is 2.40. The molecular weight excluding hydrogens is 304 g/mol. The van der Waals surface area contributed by atoms with Crippen LogP contribution < -0.4 is 0 Å². The average Bonchev–Trinajstić information content (AvgIpc) is 2.62. The van der Waals surface area contributed by atoms with E-state index in [0.29, 0.717) is 5.57 Å². The molecular formula is C20H30O2S. The van der Waals surface area contributed by atoms with Gasteiger partial charge in [-0.1, -0.05) is 46.7 Å². The number of allylic oxidation sites excluding steroid dienone is 5. The highest BCUT2D eigenvalue weighted by Crippen LogP contribution is 2.43. The fraction of sp³-hybridized carbons (Fsp3) is 0.550. The maximum absolute atomic E-state index is 11.7. The minimum Gasteiger partial charge on any atom is -0.510 e. The third-order valence-corrected chi connectivity index (χ3v) is 5.31. The maximum Gasteiger partial charge on any atom is 0.219 e. The molecule has 0 spiro atoms. The quantitative estimate of drug-likeness (QED) is 0.557. The Morgan fingerprint density at radius 2 is 1.65 bits per heavy atom. The highest BCUT2D eigenvalue weighted by atomic mass is 32.2. The summed E-state index contributed by atoms with van der Waals surface area (Å²) in [5.41, 5.74) is 4.49. The summed E-state index contributed by atoms with van der Waals surface area (Å²) in [6.07, 6.45) is 10.8. The number of aliphatic hydroxyl groups excluding tert-OH is 1. The molecule has 1 heterocycles. The predicted octanol–water partition coefficient (Wildman–Crippen LogP) is 6.27. The monoisotopic (exact) mass is 334 g/mol. The number of hydrogen-bond donors (Lipinski definition) is 1. The van der Waals surface area contributed by atoms with E-state index in [9.17, 15) is 9.90 Å². The molecule has 0 aromatic carbocycles. The van der Waals surface area contributed by atoms with Crippen LogP contribution in [0.1, 0.15) is 67.2 Å². The van der Waals surface area contributed by atoms with Crippen LogP contribution in [0.3, 0.4) is 0 Å². The SMILES string of the molecule is CC(C)=CCC/C(C)=C/CC/C(C)=C/C1(C)SC(=O)C(C)=C1O. The van der Waals surface area contributed by atoms with Gasteiger partial charge in [0.15, 0.2) is 0 Å². The molecule has 23 heavy (non-hydrogen) atoms. The Kier molecular flexibility index (Phi) is 7.40. The van der Waals surface area contributed by atoms with Gasteiger partial charge >= 0.3 is 0 Å². The van der Waals surface area contributed by atoms with Gasteiger partial charge in [0.05, 0.1) is 4.75 Å². The number of aliphatic hydroxyl groups is 1. The Bertz CT molecular complexity index is 574. The van der Waals surface area contributed by atoms with Gasteiger partial charge in [-0.3, -0.25) is 4.79 Å². The van der Waals surface area contributed by atoms with E-state index in [0.717, 1.165) is 25.7 Å². The first-order chi connectivity index (χ1) is 10.7. The summed E-state index contributed by atoms with van der Waals surface area (Å²) >= 11 is 1.20. The van der Waals surface area contributed by atoms with Crippen LogP contribution in [-0.2, 0) is 4.79 Å². The maximum atomic E-state index is 11.7. The molecule has 0 radical (unpaired) electrons. The molecule has 1 N–H and O–H groups in total. The standard InChI is InChI=1S/C20H30O2S/c1-14(2)9-7-10-15(3)11-8-12-16(4)13-20(6)18(21)17(5)19(22)23-20/h9,11,13,21H,7-8,10,12H2,1-6H3/b15-11+,16-13+. The molecule has 0 saturated heterocycles. The van der Waals surface area contributed by atoms with E-state index >= 15 is 0 Å². The van der Waals surface area contributed by atoms with Crippen molar-refractivity contribution in [2.75, 3.05) is 0 Å². The average molecular weight is 335 g/mol. The molecule has 0 amide bonds. The van der Waals surface area contributed by atoms with Crippen LogP contribution in [0.15, 0.2) is 46.3 Å². The second-order valence-electron chi connectivity index (χ2n) is 6.87. The van der Waals surface area contributed by atoms with Crippen LogP contribution in [-0.4, -0.2) is 15.0 Å². The van der Waals surface area contributed by atoms with E-state index in [1.807, 2.05) is 13.0 Å². The topological polar surface area (TPSA) is 37.3 Å². The fourth-order valence-corrected chi connectivity index (χ4v) is 3.81. The van der Waals surface area contributed by atoms with Crippen LogP contribution in [0.2, 0.25) is 0 Å². The van der Waals surface area contributed by atoms with Crippen LogP contribution in [0.4, 0.5) is 0 Å². The Labute approximate surface area is 145 Å². The van der Waals surface area contributed by atoms with Crippen molar-refractivity contribution in [1.82, 2.24) is 0 Å². The Morgan fingerprint density at radius 3 is 2.17 bits per heavy atom. The van der Waals surface area contributed by atoms with Crippen molar-refractivity contribution in [3.8, 4) is 0 Å². The lowest BCUT2D eigenvalue weighted by molar-refractivity contribution is -0.107. The van der Waals surface area contributed by atoms with Crippen LogP contribution in [0.5, 0.6) is 0 Å². The Hall–Kier alpha value is -1.22. The van der Waals surface area contributed by atoms with Crippen molar-refractivity contribution in [3.05, 3.63) is 46.3 Å². The van der Waals surface area contributed by atoms with Gasteiger partial charge in [-0.05, 0) is 67.2 Å². The predicted molar refractivity (Wildman–Crippen MR) is 102 cm³/mol. The van der Waals surface area contributed by atoms with Crippen molar-refractivity contribution >= 4 is 16.9 Å². The lowest BCUT2D eigenvalue weighted by atomic mass is 9.99. The first kappa shape index (κ1) is 19.8. The molecule has 3 heteroatoms. The number of carbonyl (C=O) groups is 1. The normalized spacial score (nSPS) is 22.8. The zero-order chi connectivity index (χ0) is 17.6. The second kappa shape index (κ2) is 8.58. The molecule has 1 unspecified atom stereocenters. The molecule has 0 aromatic heterocycles. The van der Waals surface area contributed by atoms with Crippen LogP contribution in [0.25, 0.3) is 0 Å². The summed E-state index contributed by atoms with van der Waals surface area (Å²) in [4.78, 5) is 11.7. The molecule has 1 rings (SSSR count). The summed E-state index contributed by atoms with van der Waals surface area (Å²) in [6.45, 7) is 12.1. The van der Waals surface area contributed by atoms with Crippen molar-refractivity contribution < 1.29 is 9.90 Å². The highest BCUT2D eigenvalue weighted by molar-refractivity contribution is 8.16. The van der Waals surface area contributed by atoms with Crippen molar-refractivity contribution in [1.29, 1.82) is 0 Å². The Morgan fingerprint density at radius 1 is 1.09 bits per heavy atom. The van der Waals surface area contributed by atoms with Gasteiger partial charge in [-0.25, -0.2) is 0 Å². The fourth-order valence-electron chi connectivity index (χ4n) is 2.66. The molecule has 0 aromatic rings. The van der Waals surface area contributed by atoms with Gasteiger partial charge in [0, 0.05) is 5.57 Å². The van der Waals surface area contributed by atoms with E-state index in [1.165, 1.54) is 28.5 Å². The van der Waals surface area contributed by atoms with Gasteiger partial charge in [0.1, 0.15) is 5.76 Å². The second-order valence-corrected chi connectivity index (χ2v) is 8.29. The van der Waals surface area contributed by atoms with E-state index in [1.54, 1.807) is 6.92 Å². The van der Waals surface area contributed by atoms with Crippen molar-refractivity contribution in [3.63, 3.8) is 0 Å². The van der Waals surface area contributed by atoms with Crippen molar-refractivity contribution in [2.24, 2.45) is 0 Å². The smallest absolute Gasteiger partial charge is 0.219 e. The molecule has 0 aliphatic carbocycles. The summed E-state index contributed by atoms with van der Waals surface area (Å²) in [5.74, 6) is 0.209. The minimum absolute atomic E-state index is 0.0240. The summed E-state index contributed by atoms with van der Waals surface area (Å²) in [7, 11) is 0. The molecule has 1 atom stereocenters. The first-order valence-electron chi connectivity index (χ1n) is 8.26. The lowest BCUT2D eigenvalue weighted by Crippen LogP contribution is -2.17. The molecule has 0 bridgehead atoms. The molecule has 128 valence electrons.